The third-order valence-corrected chi connectivity index (χ3v) is 3.68. The Morgan fingerprint density at radius 3 is 2.71 bits per heavy atom. The first-order valence-corrected chi connectivity index (χ1v) is 6.96. The summed E-state index contributed by atoms with van der Waals surface area (Å²) in [4.78, 5) is 14.0. The van der Waals surface area contributed by atoms with Crippen molar-refractivity contribution in [3.05, 3.63) is 65.2 Å². The summed E-state index contributed by atoms with van der Waals surface area (Å²) < 4.78 is 0. The van der Waals surface area contributed by atoms with E-state index in [-0.39, 0.29) is 5.91 Å². The number of fused-ring (bicyclic) bond motifs is 1. The van der Waals surface area contributed by atoms with Crippen LogP contribution >= 0.6 is 0 Å². The highest BCUT2D eigenvalue weighted by molar-refractivity contribution is 5.94. The highest BCUT2D eigenvalue weighted by Crippen LogP contribution is 2.23. The molecule has 0 saturated heterocycles. The van der Waals surface area contributed by atoms with Crippen LogP contribution in [0, 0.1) is 11.8 Å². The lowest BCUT2D eigenvalue weighted by molar-refractivity contribution is -0.125. The quantitative estimate of drug-likeness (QED) is 0.592. The topological polar surface area (TPSA) is 46.3 Å². The summed E-state index contributed by atoms with van der Waals surface area (Å²) in [5.41, 5.74) is 9.92. The van der Waals surface area contributed by atoms with Crippen LogP contribution in [0.1, 0.15) is 16.7 Å². The summed E-state index contributed by atoms with van der Waals surface area (Å²) in [7, 11) is 0. The van der Waals surface area contributed by atoms with E-state index in [9.17, 15) is 4.79 Å². The molecule has 2 aromatic carbocycles. The number of hydrogen-bond donors (Lipinski definition) is 1. The van der Waals surface area contributed by atoms with Gasteiger partial charge in [0.15, 0.2) is 0 Å². The Balaban J connectivity index is 1.75. The van der Waals surface area contributed by atoms with Gasteiger partial charge in [0.05, 0.1) is 0 Å². The molecule has 0 radical (unpaired) electrons. The zero-order valence-corrected chi connectivity index (χ0v) is 11.7. The van der Waals surface area contributed by atoms with Gasteiger partial charge < -0.3 is 10.6 Å². The van der Waals surface area contributed by atoms with Gasteiger partial charge in [-0.15, -0.1) is 0 Å². The average Bonchev–Trinajstić information content (AvgIpc) is 2.53. The highest BCUT2D eigenvalue weighted by atomic mass is 16.2. The molecule has 2 aromatic rings. The van der Waals surface area contributed by atoms with Crippen molar-refractivity contribution in [3.63, 3.8) is 0 Å². The standard InChI is InChI=1S/C18H16N2O/c19-17-8-4-7-15-13-20(12-11-16(15)17)18(21)10-9-14-5-2-1-3-6-14/h1-8H,11-13,19H2. The van der Waals surface area contributed by atoms with E-state index in [1.807, 2.05) is 48.5 Å². The fraction of sp³-hybridized carbons (Fsp3) is 0.167. The average molecular weight is 276 g/mol. The van der Waals surface area contributed by atoms with Crippen LogP contribution < -0.4 is 5.73 Å². The molecule has 0 unspecified atom stereocenters. The van der Waals surface area contributed by atoms with E-state index in [0.717, 1.165) is 28.8 Å². The van der Waals surface area contributed by atoms with Crippen LogP contribution in [0.3, 0.4) is 0 Å². The second-order valence-electron chi connectivity index (χ2n) is 5.08. The molecule has 21 heavy (non-hydrogen) atoms. The lowest BCUT2D eigenvalue weighted by atomic mass is 9.98. The van der Waals surface area contributed by atoms with E-state index < -0.39 is 0 Å². The molecule has 1 aliphatic rings. The Kier molecular flexibility index (Phi) is 3.61. The number of hydrogen-bond acceptors (Lipinski definition) is 2. The van der Waals surface area contributed by atoms with Crippen molar-refractivity contribution < 1.29 is 4.79 Å². The van der Waals surface area contributed by atoms with E-state index >= 15 is 0 Å². The minimum atomic E-state index is -0.132. The lowest BCUT2D eigenvalue weighted by Crippen LogP contribution is -2.35. The first-order valence-electron chi connectivity index (χ1n) is 6.96. The molecule has 1 amide bonds. The summed E-state index contributed by atoms with van der Waals surface area (Å²) >= 11 is 0. The zero-order chi connectivity index (χ0) is 14.7. The largest absolute Gasteiger partial charge is 0.398 e. The normalized spacial score (nSPS) is 13.0. The van der Waals surface area contributed by atoms with Crippen molar-refractivity contribution in [1.29, 1.82) is 0 Å². The maximum Gasteiger partial charge on any atom is 0.299 e. The lowest BCUT2D eigenvalue weighted by Gasteiger charge is -2.28. The van der Waals surface area contributed by atoms with E-state index in [1.54, 1.807) is 4.90 Å². The molecular weight excluding hydrogens is 260 g/mol. The molecule has 1 aliphatic heterocycles. The molecule has 0 fully saturated rings. The summed E-state index contributed by atoms with van der Waals surface area (Å²) in [5, 5.41) is 0. The minimum absolute atomic E-state index is 0.132. The Morgan fingerprint density at radius 1 is 1.10 bits per heavy atom. The van der Waals surface area contributed by atoms with Crippen molar-refractivity contribution in [2.45, 2.75) is 13.0 Å². The summed E-state index contributed by atoms with van der Waals surface area (Å²) in [5.74, 6) is 5.50. The van der Waals surface area contributed by atoms with Crippen molar-refractivity contribution in [3.8, 4) is 11.8 Å². The van der Waals surface area contributed by atoms with Crippen LogP contribution in [-0.2, 0) is 17.8 Å². The second-order valence-corrected chi connectivity index (χ2v) is 5.08. The molecule has 0 saturated carbocycles. The van der Waals surface area contributed by atoms with Gasteiger partial charge in [0, 0.05) is 30.3 Å². The molecule has 104 valence electrons. The maximum absolute atomic E-state index is 12.2. The summed E-state index contributed by atoms with van der Waals surface area (Å²) in [6.45, 7) is 1.26. The number of carbonyl (C=O) groups is 1. The molecule has 1 heterocycles. The minimum Gasteiger partial charge on any atom is -0.398 e. The summed E-state index contributed by atoms with van der Waals surface area (Å²) in [6, 6.07) is 15.4. The monoisotopic (exact) mass is 276 g/mol. The summed E-state index contributed by atoms with van der Waals surface area (Å²) in [6.07, 6.45) is 0.792. The van der Waals surface area contributed by atoms with Crippen LogP contribution in [0.4, 0.5) is 5.69 Å². The third kappa shape index (κ3) is 2.90. The third-order valence-electron chi connectivity index (χ3n) is 3.68. The van der Waals surface area contributed by atoms with Crippen molar-refractivity contribution in [2.24, 2.45) is 0 Å². The number of nitrogens with two attached hydrogens (primary N) is 1. The first kappa shape index (κ1) is 13.3. The van der Waals surface area contributed by atoms with Gasteiger partial charge in [-0.25, -0.2) is 0 Å². The van der Waals surface area contributed by atoms with Gasteiger partial charge in [0.1, 0.15) is 0 Å². The predicted octanol–water partition coefficient (Wildman–Crippen LogP) is 2.21. The predicted molar refractivity (Wildman–Crippen MR) is 83.3 cm³/mol. The van der Waals surface area contributed by atoms with E-state index in [1.165, 1.54) is 0 Å². The number of carbonyl (C=O) groups excluding carboxylic acids is 1. The van der Waals surface area contributed by atoms with Gasteiger partial charge >= 0.3 is 0 Å². The van der Waals surface area contributed by atoms with Gasteiger partial charge in [-0.05, 0) is 35.7 Å². The van der Waals surface area contributed by atoms with Crippen molar-refractivity contribution in [2.75, 3.05) is 12.3 Å². The Labute approximate surface area is 124 Å². The molecular formula is C18H16N2O. The molecule has 0 aliphatic carbocycles. The van der Waals surface area contributed by atoms with E-state index in [0.29, 0.717) is 13.1 Å². The van der Waals surface area contributed by atoms with Crippen LogP contribution in [0.15, 0.2) is 48.5 Å². The molecule has 2 N–H and O–H groups in total. The molecule has 3 nitrogen and oxygen atoms in total. The maximum atomic E-state index is 12.2. The molecule has 0 atom stereocenters. The number of nitrogens with zero attached hydrogens (tertiary/aromatic N) is 1. The van der Waals surface area contributed by atoms with E-state index in [2.05, 4.69) is 11.8 Å². The Morgan fingerprint density at radius 2 is 1.90 bits per heavy atom. The Hall–Kier alpha value is -2.73. The van der Waals surface area contributed by atoms with Crippen LogP contribution in [0.2, 0.25) is 0 Å². The van der Waals surface area contributed by atoms with Crippen molar-refractivity contribution >= 4 is 11.6 Å². The fourth-order valence-electron chi connectivity index (χ4n) is 2.54. The molecule has 3 heteroatoms. The van der Waals surface area contributed by atoms with Crippen LogP contribution in [0.25, 0.3) is 0 Å². The fourth-order valence-corrected chi connectivity index (χ4v) is 2.54. The molecule has 3 rings (SSSR count). The smallest absolute Gasteiger partial charge is 0.299 e. The van der Waals surface area contributed by atoms with Crippen molar-refractivity contribution in [1.82, 2.24) is 4.90 Å². The SMILES string of the molecule is Nc1cccc2c1CCN(C(=O)C#Cc1ccccc1)C2. The number of anilines is 1. The first-order chi connectivity index (χ1) is 10.2. The second kappa shape index (κ2) is 5.72. The molecule has 0 spiro atoms. The van der Waals surface area contributed by atoms with Gasteiger partial charge in [0.25, 0.3) is 5.91 Å². The van der Waals surface area contributed by atoms with Gasteiger partial charge in [0.2, 0.25) is 0 Å². The number of rotatable bonds is 0. The number of benzene rings is 2. The van der Waals surface area contributed by atoms with Crippen LogP contribution in [-0.4, -0.2) is 17.4 Å². The zero-order valence-electron chi connectivity index (χ0n) is 11.7. The Bertz CT molecular complexity index is 726. The van der Waals surface area contributed by atoms with Gasteiger partial charge in [-0.1, -0.05) is 36.3 Å². The van der Waals surface area contributed by atoms with Crippen LogP contribution in [0.5, 0.6) is 0 Å². The molecule has 0 bridgehead atoms. The highest BCUT2D eigenvalue weighted by Gasteiger charge is 2.20. The number of nitrogen functional groups attached to an aromatic ring is 1. The van der Waals surface area contributed by atoms with E-state index in [4.69, 9.17) is 5.73 Å². The van der Waals surface area contributed by atoms with Gasteiger partial charge in [-0.2, -0.15) is 0 Å². The van der Waals surface area contributed by atoms with Gasteiger partial charge in [-0.3, -0.25) is 4.79 Å². The number of amides is 1. The molecule has 0 aromatic heterocycles.